The fourth-order valence-electron chi connectivity index (χ4n) is 2.44. The number of nitrogens with one attached hydrogen (secondary N) is 1. The molecule has 3 rings (SSSR count). The highest BCUT2D eigenvalue weighted by Crippen LogP contribution is 2.17. The van der Waals surface area contributed by atoms with Crippen molar-refractivity contribution in [3.05, 3.63) is 64.6 Å². The molecule has 1 amide bonds. The Morgan fingerprint density at radius 3 is 2.70 bits per heavy atom. The Morgan fingerprint density at radius 1 is 1.30 bits per heavy atom. The lowest BCUT2D eigenvalue weighted by atomic mass is 10.2. The second kappa shape index (κ2) is 6.26. The van der Waals surface area contributed by atoms with Crippen molar-refractivity contribution < 1.29 is 4.79 Å². The first-order chi connectivity index (χ1) is 11.1. The summed E-state index contributed by atoms with van der Waals surface area (Å²) in [6.45, 7) is 2.23. The van der Waals surface area contributed by atoms with Gasteiger partial charge in [-0.1, -0.05) is 23.7 Å². The summed E-state index contributed by atoms with van der Waals surface area (Å²) in [6, 6.07) is 9.17. The van der Waals surface area contributed by atoms with Crippen LogP contribution in [-0.4, -0.2) is 25.5 Å². The lowest BCUT2D eigenvalue weighted by molar-refractivity contribution is 0.0950. The van der Waals surface area contributed by atoms with Crippen molar-refractivity contribution in [1.29, 1.82) is 0 Å². The second-order valence-corrected chi connectivity index (χ2v) is 5.60. The van der Waals surface area contributed by atoms with Crippen LogP contribution in [0.25, 0.3) is 5.82 Å². The van der Waals surface area contributed by atoms with Gasteiger partial charge in [0.2, 0.25) is 0 Å². The monoisotopic (exact) mass is 329 g/mol. The van der Waals surface area contributed by atoms with Crippen LogP contribution in [0.5, 0.6) is 0 Å². The number of hydrogen-bond donors (Lipinski definition) is 1. The average Bonchev–Trinajstić information content (AvgIpc) is 3.13. The molecule has 0 saturated carbocycles. The highest BCUT2D eigenvalue weighted by molar-refractivity contribution is 6.30. The van der Waals surface area contributed by atoms with Crippen LogP contribution in [0, 0.1) is 6.92 Å². The Bertz CT molecular complexity index is 821. The van der Waals surface area contributed by atoms with Gasteiger partial charge in [-0.3, -0.25) is 4.79 Å². The van der Waals surface area contributed by atoms with E-state index in [1.807, 2.05) is 19.1 Å². The zero-order valence-corrected chi connectivity index (χ0v) is 13.6. The molecule has 0 fully saturated rings. The van der Waals surface area contributed by atoms with Gasteiger partial charge in [0.05, 0.1) is 5.69 Å². The number of aryl methyl sites for hydroxylation is 2. The van der Waals surface area contributed by atoms with Crippen molar-refractivity contribution in [1.82, 2.24) is 24.9 Å². The number of carbonyl (C=O) groups excluding carboxylic acids is 1. The molecule has 1 N–H and O–H groups in total. The van der Waals surface area contributed by atoms with E-state index in [-0.39, 0.29) is 5.91 Å². The molecule has 7 heteroatoms. The fourth-order valence-corrected chi connectivity index (χ4v) is 2.57. The molecule has 118 valence electrons. The van der Waals surface area contributed by atoms with Crippen LogP contribution in [0.4, 0.5) is 0 Å². The third-order valence-electron chi connectivity index (χ3n) is 3.51. The zero-order chi connectivity index (χ0) is 16.4. The number of hydrogen-bond acceptors (Lipinski definition) is 3. The van der Waals surface area contributed by atoms with E-state index in [2.05, 4.69) is 15.5 Å². The van der Waals surface area contributed by atoms with Crippen LogP contribution in [0.15, 0.2) is 42.7 Å². The van der Waals surface area contributed by atoms with Crippen molar-refractivity contribution in [2.75, 3.05) is 0 Å². The van der Waals surface area contributed by atoms with E-state index >= 15 is 0 Å². The van der Waals surface area contributed by atoms with E-state index < -0.39 is 0 Å². The molecular formula is C16H16ClN5O. The number of nitrogens with zero attached hydrogens (tertiary/aromatic N) is 4. The van der Waals surface area contributed by atoms with Crippen LogP contribution in [0.1, 0.15) is 21.6 Å². The number of carbonyl (C=O) groups is 1. The predicted molar refractivity (Wildman–Crippen MR) is 87.7 cm³/mol. The largest absolute Gasteiger partial charge is 0.348 e. The summed E-state index contributed by atoms with van der Waals surface area (Å²) >= 11 is 5.86. The Balaban J connectivity index is 1.84. The predicted octanol–water partition coefficient (Wildman–Crippen LogP) is 2.50. The van der Waals surface area contributed by atoms with Gasteiger partial charge < -0.3 is 5.32 Å². The number of rotatable bonds is 4. The van der Waals surface area contributed by atoms with Gasteiger partial charge in [0.1, 0.15) is 5.56 Å². The van der Waals surface area contributed by atoms with Crippen molar-refractivity contribution in [2.45, 2.75) is 13.5 Å². The molecular weight excluding hydrogens is 314 g/mol. The first-order valence-electron chi connectivity index (χ1n) is 7.12. The number of aromatic nitrogens is 4. The number of amides is 1. The molecule has 3 aromatic rings. The molecule has 2 heterocycles. The summed E-state index contributed by atoms with van der Waals surface area (Å²) in [5.41, 5.74) is 2.15. The minimum absolute atomic E-state index is 0.184. The molecule has 2 aromatic heterocycles. The molecule has 23 heavy (non-hydrogen) atoms. The van der Waals surface area contributed by atoms with E-state index in [1.54, 1.807) is 47.0 Å². The minimum Gasteiger partial charge on any atom is -0.348 e. The SMILES string of the molecule is Cc1nn(C)c(-n2cccn2)c1C(=O)NCc1ccc(Cl)cc1. The first kappa shape index (κ1) is 15.3. The van der Waals surface area contributed by atoms with Gasteiger partial charge in [0.25, 0.3) is 5.91 Å². The standard InChI is InChI=1S/C16H16ClN5O/c1-11-14(16(21(2)20-11)22-9-3-8-19-22)15(23)18-10-12-4-6-13(17)7-5-12/h3-9H,10H2,1-2H3,(H,18,23). The Kier molecular flexibility index (Phi) is 4.16. The maximum atomic E-state index is 12.6. The summed E-state index contributed by atoms with van der Waals surface area (Å²) in [5, 5.41) is 12.1. The van der Waals surface area contributed by atoms with Gasteiger partial charge in [-0.2, -0.15) is 10.2 Å². The molecule has 0 radical (unpaired) electrons. The van der Waals surface area contributed by atoms with Gasteiger partial charge in [0, 0.05) is 31.0 Å². The van der Waals surface area contributed by atoms with E-state index in [9.17, 15) is 4.79 Å². The Morgan fingerprint density at radius 2 is 2.04 bits per heavy atom. The zero-order valence-electron chi connectivity index (χ0n) is 12.8. The van der Waals surface area contributed by atoms with Crippen LogP contribution < -0.4 is 5.32 Å². The lowest BCUT2D eigenvalue weighted by Gasteiger charge is -2.08. The quantitative estimate of drug-likeness (QED) is 0.799. The Hall–Kier alpha value is -2.60. The molecule has 0 bridgehead atoms. The highest BCUT2D eigenvalue weighted by atomic mass is 35.5. The number of halogens is 1. The van der Waals surface area contributed by atoms with Gasteiger partial charge in [0.15, 0.2) is 5.82 Å². The molecule has 0 aliphatic heterocycles. The topological polar surface area (TPSA) is 64.7 Å². The summed E-state index contributed by atoms with van der Waals surface area (Å²) in [6.07, 6.45) is 3.45. The summed E-state index contributed by atoms with van der Waals surface area (Å²) in [5.74, 6) is 0.456. The third-order valence-corrected chi connectivity index (χ3v) is 3.76. The maximum Gasteiger partial charge on any atom is 0.257 e. The van der Waals surface area contributed by atoms with Crippen molar-refractivity contribution >= 4 is 17.5 Å². The highest BCUT2D eigenvalue weighted by Gasteiger charge is 2.21. The molecule has 0 saturated heterocycles. The van der Waals surface area contributed by atoms with Gasteiger partial charge >= 0.3 is 0 Å². The smallest absolute Gasteiger partial charge is 0.257 e. The van der Waals surface area contributed by atoms with Gasteiger partial charge in [-0.25, -0.2) is 9.36 Å². The molecule has 0 atom stereocenters. The summed E-state index contributed by atoms with van der Waals surface area (Å²) in [7, 11) is 1.79. The molecule has 1 aromatic carbocycles. The summed E-state index contributed by atoms with van der Waals surface area (Å²) < 4.78 is 3.29. The van der Waals surface area contributed by atoms with Crippen LogP contribution in [0.3, 0.4) is 0 Å². The van der Waals surface area contributed by atoms with E-state index in [4.69, 9.17) is 11.6 Å². The third kappa shape index (κ3) is 3.12. The molecule has 0 aliphatic rings. The molecule has 0 spiro atoms. The molecule has 0 unspecified atom stereocenters. The molecule has 6 nitrogen and oxygen atoms in total. The second-order valence-electron chi connectivity index (χ2n) is 5.17. The summed E-state index contributed by atoms with van der Waals surface area (Å²) in [4.78, 5) is 12.6. The van der Waals surface area contributed by atoms with Crippen LogP contribution >= 0.6 is 11.6 Å². The van der Waals surface area contributed by atoms with E-state index in [0.717, 1.165) is 5.56 Å². The average molecular weight is 330 g/mol. The van der Waals surface area contributed by atoms with E-state index in [1.165, 1.54) is 0 Å². The Labute approximate surface area is 138 Å². The van der Waals surface area contributed by atoms with Gasteiger partial charge in [-0.05, 0) is 30.7 Å². The van der Waals surface area contributed by atoms with Crippen molar-refractivity contribution in [3.63, 3.8) is 0 Å². The normalized spacial score (nSPS) is 10.7. The van der Waals surface area contributed by atoms with Crippen molar-refractivity contribution in [3.8, 4) is 5.82 Å². The molecule has 0 aliphatic carbocycles. The lowest BCUT2D eigenvalue weighted by Crippen LogP contribution is -2.24. The minimum atomic E-state index is -0.184. The van der Waals surface area contributed by atoms with Crippen LogP contribution in [0.2, 0.25) is 5.02 Å². The van der Waals surface area contributed by atoms with Crippen LogP contribution in [-0.2, 0) is 13.6 Å². The maximum absolute atomic E-state index is 12.6. The fraction of sp³-hybridized carbons (Fsp3) is 0.188. The van der Waals surface area contributed by atoms with E-state index in [0.29, 0.717) is 28.6 Å². The first-order valence-corrected chi connectivity index (χ1v) is 7.50. The van der Waals surface area contributed by atoms with Gasteiger partial charge in [-0.15, -0.1) is 0 Å². The van der Waals surface area contributed by atoms with Crippen molar-refractivity contribution in [2.24, 2.45) is 7.05 Å². The number of benzene rings is 1.